The fourth-order valence-corrected chi connectivity index (χ4v) is 7.32. The topological polar surface area (TPSA) is 104 Å². The third kappa shape index (κ3) is 10.5. The predicted molar refractivity (Wildman–Crippen MR) is 179 cm³/mol. The maximum atomic E-state index is 14.0. The van der Waals surface area contributed by atoms with Crippen LogP contribution in [0.4, 0.5) is 11.4 Å². The van der Waals surface area contributed by atoms with Crippen LogP contribution in [0.25, 0.3) is 0 Å². The molecule has 2 aliphatic carbocycles. The van der Waals surface area contributed by atoms with E-state index in [0.29, 0.717) is 81.8 Å². The predicted octanol–water partition coefficient (Wildman–Crippen LogP) is 5.84. The van der Waals surface area contributed by atoms with Crippen molar-refractivity contribution in [1.29, 1.82) is 0 Å². The first-order valence-electron chi connectivity index (χ1n) is 17.1. The number of rotatable bonds is 17. The molecule has 2 fully saturated rings. The Morgan fingerprint density at radius 1 is 0.682 bits per heavy atom. The van der Waals surface area contributed by atoms with Crippen LogP contribution in [0.3, 0.4) is 0 Å². The molecule has 0 atom stereocenters. The molecule has 2 N–H and O–H groups in total. The van der Waals surface area contributed by atoms with Crippen LogP contribution in [0, 0.1) is 37.5 Å². The third-order valence-corrected chi connectivity index (χ3v) is 9.89. The van der Waals surface area contributed by atoms with E-state index in [4.69, 9.17) is 5.73 Å². The summed E-state index contributed by atoms with van der Waals surface area (Å²) in [6.07, 6.45) is 12.8. The van der Waals surface area contributed by atoms with Gasteiger partial charge in [-0.05, 0) is 133 Å². The molecule has 0 aliphatic heterocycles. The van der Waals surface area contributed by atoms with Crippen molar-refractivity contribution in [2.75, 3.05) is 50.1 Å². The minimum absolute atomic E-state index is 0.0142. The maximum Gasteiger partial charge on any atom is 0.227 e. The number of carbonyl (C=O) groups excluding carboxylic acids is 4. The van der Waals surface area contributed by atoms with Gasteiger partial charge in [0.05, 0.1) is 11.4 Å². The van der Waals surface area contributed by atoms with Gasteiger partial charge in [-0.3, -0.25) is 9.59 Å². The van der Waals surface area contributed by atoms with E-state index >= 15 is 0 Å². The second-order valence-corrected chi connectivity index (χ2v) is 13.8. The molecular formula is C36H58N4O4. The van der Waals surface area contributed by atoms with Crippen molar-refractivity contribution < 1.29 is 19.2 Å². The Morgan fingerprint density at radius 3 is 1.39 bits per heavy atom. The van der Waals surface area contributed by atoms with Crippen LogP contribution >= 0.6 is 0 Å². The number of amides is 2. The van der Waals surface area contributed by atoms with Gasteiger partial charge >= 0.3 is 0 Å². The van der Waals surface area contributed by atoms with E-state index in [-0.39, 0.29) is 11.8 Å². The summed E-state index contributed by atoms with van der Waals surface area (Å²) in [5.74, 6) is 2.02. The van der Waals surface area contributed by atoms with Crippen LogP contribution in [0.5, 0.6) is 0 Å². The zero-order valence-corrected chi connectivity index (χ0v) is 27.9. The lowest BCUT2D eigenvalue weighted by Crippen LogP contribution is -2.42. The van der Waals surface area contributed by atoms with Crippen molar-refractivity contribution in [2.24, 2.45) is 29.4 Å². The first-order valence-corrected chi connectivity index (χ1v) is 17.1. The largest absolute Gasteiger partial charge is 0.330 e. The number of carbonyl (C=O) groups is 4. The van der Waals surface area contributed by atoms with Crippen LogP contribution in [0.15, 0.2) is 12.1 Å². The Balaban J connectivity index is 1.99. The van der Waals surface area contributed by atoms with E-state index in [1.165, 1.54) is 0 Å². The lowest BCUT2D eigenvalue weighted by Gasteiger charge is -2.38. The molecule has 246 valence electrons. The molecule has 8 nitrogen and oxygen atoms in total. The van der Waals surface area contributed by atoms with E-state index < -0.39 is 0 Å². The van der Waals surface area contributed by atoms with Gasteiger partial charge in [-0.2, -0.15) is 0 Å². The highest BCUT2D eigenvalue weighted by Crippen LogP contribution is 2.41. The zero-order valence-electron chi connectivity index (χ0n) is 27.9. The van der Waals surface area contributed by atoms with E-state index in [0.717, 1.165) is 93.0 Å². The van der Waals surface area contributed by atoms with Gasteiger partial charge in [0.25, 0.3) is 0 Å². The van der Waals surface area contributed by atoms with Crippen molar-refractivity contribution in [3.8, 4) is 0 Å². The lowest BCUT2D eigenvalue weighted by atomic mass is 9.81. The highest BCUT2D eigenvalue weighted by molar-refractivity contribution is 6.04. The molecule has 0 bridgehead atoms. The maximum absolute atomic E-state index is 14.0. The van der Waals surface area contributed by atoms with E-state index in [1.807, 2.05) is 23.6 Å². The number of unbranched alkanes of at least 4 members (excludes halogenated alkanes) is 2. The smallest absolute Gasteiger partial charge is 0.227 e. The lowest BCUT2D eigenvalue weighted by molar-refractivity contribution is -0.120. The number of aryl methyl sites for hydroxylation is 2. The molecule has 0 aromatic heterocycles. The number of hydrogen-bond donors (Lipinski definition) is 1. The molecule has 0 spiro atoms. The zero-order chi connectivity index (χ0) is 32.1. The summed E-state index contributed by atoms with van der Waals surface area (Å²) < 4.78 is 0. The van der Waals surface area contributed by atoms with Crippen LogP contribution in [0.1, 0.15) is 101 Å². The van der Waals surface area contributed by atoms with Crippen molar-refractivity contribution in [3.63, 3.8) is 0 Å². The summed E-state index contributed by atoms with van der Waals surface area (Å²) in [4.78, 5) is 56.4. The number of nitrogens with two attached hydrogens (primary N) is 1. The van der Waals surface area contributed by atoms with Gasteiger partial charge in [0, 0.05) is 45.3 Å². The molecule has 1 aromatic rings. The van der Waals surface area contributed by atoms with Crippen LogP contribution in [0.2, 0.25) is 0 Å². The Labute approximate surface area is 266 Å². The molecule has 0 heterocycles. The van der Waals surface area contributed by atoms with Gasteiger partial charge in [0.15, 0.2) is 0 Å². The molecule has 2 saturated carbocycles. The van der Waals surface area contributed by atoms with Crippen molar-refractivity contribution in [1.82, 2.24) is 4.90 Å². The van der Waals surface area contributed by atoms with Gasteiger partial charge in [0.1, 0.15) is 12.6 Å². The second-order valence-electron chi connectivity index (χ2n) is 13.8. The molecule has 0 radical (unpaired) electrons. The molecule has 44 heavy (non-hydrogen) atoms. The molecule has 3 rings (SSSR count). The quantitative estimate of drug-likeness (QED) is 0.176. The SMILES string of the molecule is Cc1ccc(C)c(N(CC2CCC(CN(C)C)CC2)C(=O)CCCC=O)c1N(CC1CCC(CN)CC1)C(=O)CCCC=O. The number of aldehydes is 2. The molecule has 2 aliphatic rings. The monoisotopic (exact) mass is 610 g/mol. The van der Waals surface area contributed by atoms with Gasteiger partial charge in [-0.1, -0.05) is 12.1 Å². The molecule has 1 aromatic carbocycles. The average molecular weight is 611 g/mol. The van der Waals surface area contributed by atoms with Gasteiger partial charge in [0.2, 0.25) is 11.8 Å². The van der Waals surface area contributed by atoms with Gasteiger partial charge in [-0.25, -0.2) is 0 Å². The summed E-state index contributed by atoms with van der Waals surface area (Å²) in [5, 5.41) is 0. The summed E-state index contributed by atoms with van der Waals surface area (Å²) in [6.45, 7) is 7.12. The Morgan fingerprint density at radius 2 is 1.05 bits per heavy atom. The normalized spacial score (nSPS) is 22.0. The Bertz CT molecular complexity index is 1070. The van der Waals surface area contributed by atoms with E-state index in [2.05, 4.69) is 31.1 Å². The van der Waals surface area contributed by atoms with Gasteiger partial charge < -0.3 is 30.0 Å². The highest BCUT2D eigenvalue weighted by Gasteiger charge is 2.32. The fraction of sp³-hybridized carbons (Fsp3) is 0.722. The molecular weight excluding hydrogens is 552 g/mol. The van der Waals surface area contributed by atoms with E-state index in [9.17, 15) is 19.2 Å². The first-order chi connectivity index (χ1) is 21.2. The molecule has 2 amide bonds. The summed E-state index contributed by atoms with van der Waals surface area (Å²) in [7, 11) is 4.26. The van der Waals surface area contributed by atoms with Crippen molar-refractivity contribution >= 4 is 35.8 Å². The van der Waals surface area contributed by atoms with Crippen LogP contribution < -0.4 is 15.5 Å². The minimum Gasteiger partial charge on any atom is -0.330 e. The molecule has 8 heteroatoms. The van der Waals surface area contributed by atoms with Crippen molar-refractivity contribution in [2.45, 2.75) is 104 Å². The molecule has 0 saturated heterocycles. The highest BCUT2D eigenvalue weighted by atomic mass is 16.2. The number of hydrogen-bond acceptors (Lipinski definition) is 6. The average Bonchev–Trinajstić information content (AvgIpc) is 3.01. The number of anilines is 2. The summed E-state index contributed by atoms with van der Waals surface area (Å²) in [6, 6.07) is 4.13. The van der Waals surface area contributed by atoms with Crippen LogP contribution in [-0.4, -0.2) is 69.6 Å². The standard InChI is InChI=1S/C36H58N4O4/c1-27-11-12-28(2)36(35(27)39(33(43)9-5-7-21-41)25-31-15-13-29(23-37)14-16-31)40(34(44)10-6-8-22-42)26-32-19-17-30(18-20-32)24-38(3)4/h11-12,21-22,29-32H,5-10,13-20,23-26,37H2,1-4H3. The second kappa shape index (κ2) is 18.4. The summed E-state index contributed by atoms with van der Waals surface area (Å²) in [5.41, 5.74) is 9.61. The third-order valence-electron chi connectivity index (χ3n) is 9.89. The number of benzene rings is 1. The fourth-order valence-electron chi connectivity index (χ4n) is 7.32. The Hall–Kier alpha value is -2.58. The number of nitrogens with zero attached hydrogens (tertiary/aromatic N) is 3. The molecule has 0 unspecified atom stereocenters. The van der Waals surface area contributed by atoms with Crippen molar-refractivity contribution in [3.05, 3.63) is 23.3 Å². The Kier molecular flexibility index (Phi) is 15.0. The first kappa shape index (κ1) is 35.9. The minimum atomic E-state index is 0.0142. The summed E-state index contributed by atoms with van der Waals surface area (Å²) >= 11 is 0. The van der Waals surface area contributed by atoms with E-state index in [1.54, 1.807) is 0 Å². The van der Waals surface area contributed by atoms with Gasteiger partial charge in [-0.15, -0.1) is 0 Å². The van der Waals surface area contributed by atoms with Crippen LogP contribution in [-0.2, 0) is 19.2 Å².